The molecule has 9 heteroatoms. The number of hydrogen-bond donors (Lipinski definition) is 3. The Bertz CT molecular complexity index is 1210. The van der Waals surface area contributed by atoms with Gasteiger partial charge in [-0.2, -0.15) is 0 Å². The molecule has 0 saturated heterocycles. The van der Waals surface area contributed by atoms with Gasteiger partial charge in [0.25, 0.3) is 0 Å². The number of sulfonamides is 1. The molecular formula is C21H27N5O3S. The highest BCUT2D eigenvalue weighted by molar-refractivity contribution is 7.89. The molecule has 0 bridgehead atoms. The van der Waals surface area contributed by atoms with E-state index in [-0.39, 0.29) is 10.9 Å². The van der Waals surface area contributed by atoms with Gasteiger partial charge in [-0.3, -0.25) is 4.40 Å². The Morgan fingerprint density at radius 1 is 1.27 bits per heavy atom. The van der Waals surface area contributed by atoms with Gasteiger partial charge >= 0.3 is 0 Å². The molecule has 2 heterocycles. The maximum Gasteiger partial charge on any atom is 0.240 e. The first-order valence-corrected chi connectivity index (χ1v) is 11.5. The van der Waals surface area contributed by atoms with Gasteiger partial charge in [0, 0.05) is 17.8 Å². The van der Waals surface area contributed by atoms with Crippen LogP contribution in [0.15, 0.2) is 35.5 Å². The van der Waals surface area contributed by atoms with E-state index in [0.29, 0.717) is 37.1 Å². The molecule has 3 aromatic rings. The van der Waals surface area contributed by atoms with Gasteiger partial charge in [-0.05, 0) is 64.2 Å². The van der Waals surface area contributed by atoms with Crippen molar-refractivity contribution in [1.29, 1.82) is 0 Å². The largest absolute Gasteiger partial charge is 0.390 e. The van der Waals surface area contributed by atoms with Gasteiger partial charge < -0.3 is 10.8 Å². The summed E-state index contributed by atoms with van der Waals surface area (Å²) in [5.74, 6) is 0.331. The number of imidazole rings is 1. The predicted octanol–water partition coefficient (Wildman–Crippen LogP) is 2.57. The van der Waals surface area contributed by atoms with E-state index in [4.69, 9.17) is 5.73 Å². The number of nitrogens with one attached hydrogen (secondary N) is 1. The molecule has 0 unspecified atom stereocenters. The van der Waals surface area contributed by atoms with Gasteiger partial charge in [0.1, 0.15) is 0 Å². The Kier molecular flexibility index (Phi) is 5.08. The van der Waals surface area contributed by atoms with Crippen molar-refractivity contribution in [3.8, 4) is 11.3 Å². The number of anilines is 1. The molecule has 1 saturated carbocycles. The minimum absolute atomic E-state index is 0.177. The van der Waals surface area contributed by atoms with Crippen LogP contribution >= 0.6 is 0 Å². The highest BCUT2D eigenvalue weighted by atomic mass is 32.2. The predicted molar refractivity (Wildman–Crippen MR) is 116 cm³/mol. The van der Waals surface area contributed by atoms with E-state index in [0.717, 1.165) is 22.5 Å². The quantitative estimate of drug-likeness (QED) is 0.586. The number of rotatable bonds is 4. The molecule has 4 rings (SSSR count). The van der Waals surface area contributed by atoms with E-state index >= 15 is 0 Å². The summed E-state index contributed by atoms with van der Waals surface area (Å²) in [5.41, 5.74) is 9.01. The number of nitrogen functional groups attached to an aromatic ring is 1. The summed E-state index contributed by atoms with van der Waals surface area (Å²) < 4.78 is 30.7. The highest BCUT2D eigenvalue weighted by Crippen LogP contribution is 2.31. The second-order valence-corrected chi connectivity index (χ2v) is 10.2. The third-order valence-electron chi connectivity index (χ3n) is 5.82. The maximum atomic E-state index is 13.0. The van der Waals surface area contributed by atoms with Gasteiger partial charge in [0.05, 0.1) is 28.1 Å². The fourth-order valence-corrected chi connectivity index (χ4v) is 5.36. The summed E-state index contributed by atoms with van der Waals surface area (Å²) in [5, 5.41) is 10.1. The second-order valence-electron chi connectivity index (χ2n) is 8.47. The molecule has 0 aliphatic heterocycles. The van der Waals surface area contributed by atoms with Crippen LogP contribution in [0.5, 0.6) is 0 Å². The molecule has 4 N–H and O–H groups in total. The van der Waals surface area contributed by atoms with E-state index in [1.807, 2.05) is 24.4 Å². The molecule has 160 valence electrons. The van der Waals surface area contributed by atoms with Crippen LogP contribution in [0.25, 0.3) is 16.9 Å². The standard InChI is InChI=1S/C21H27N5O3S/c1-13-4-5-16(30(28,29)25-15-6-8-21(3,27)9-7-15)10-17(13)18-11-23-20-19(22)24-14(2)12-26(18)20/h4-5,10-12,15,25,27H,6-9H2,1-3H3,(H2,22,24)/t15-,21-. The summed E-state index contributed by atoms with van der Waals surface area (Å²) in [4.78, 5) is 8.80. The van der Waals surface area contributed by atoms with Crippen molar-refractivity contribution in [2.24, 2.45) is 0 Å². The first-order chi connectivity index (χ1) is 14.1. The minimum atomic E-state index is -3.70. The Balaban J connectivity index is 1.69. The zero-order chi connectivity index (χ0) is 21.7. The molecule has 1 aliphatic rings. The molecule has 0 amide bonds. The zero-order valence-corrected chi connectivity index (χ0v) is 18.2. The highest BCUT2D eigenvalue weighted by Gasteiger charge is 2.31. The normalized spacial score (nSPS) is 22.5. The SMILES string of the molecule is Cc1cn2c(-c3cc(S(=O)(=O)N[C@H]4CC[C@](C)(O)CC4)ccc3C)cnc2c(N)n1. The van der Waals surface area contributed by atoms with Crippen LogP contribution in [0, 0.1) is 13.8 Å². The molecule has 0 radical (unpaired) electrons. The van der Waals surface area contributed by atoms with E-state index in [9.17, 15) is 13.5 Å². The van der Waals surface area contributed by atoms with Crippen LogP contribution in [0.1, 0.15) is 43.9 Å². The molecular weight excluding hydrogens is 402 g/mol. The Morgan fingerprint density at radius 2 is 1.97 bits per heavy atom. The first kappa shape index (κ1) is 20.8. The minimum Gasteiger partial charge on any atom is -0.390 e. The van der Waals surface area contributed by atoms with Gasteiger partial charge in [-0.15, -0.1) is 0 Å². The fraction of sp³-hybridized carbons (Fsp3) is 0.429. The van der Waals surface area contributed by atoms with Crippen molar-refractivity contribution >= 4 is 21.5 Å². The van der Waals surface area contributed by atoms with E-state index in [2.05, 4.69) is 14.7 Å². The number of fused-ring (bicyclic) bond motifs is 1. The van der Waals surface area contributed by atoms with Crippen molar-refractivity contribution < 1.29 is 13.5 Å². The van der Waals surface area contributed by atoms with Gasteiger partial charge in [0.15, 0.2) is 11.5 Å². The van der Waals surface area contributed by atoms with Crippen LogP contribution in [0.3, 0.4) is 0 Å². The van der Waals surface area contributed by atoms with Crippen LogP contribution in [-0.2, 0) is 10.0 Å². The fourth-order valence-electron chi connectivity index (χ4n) is 4.03. The summed E-state index contributed by atoms with van der Waals surface area (Å²) in [6, 6.07) is 4.91. The van der Waals surface area contributed by atoms with Gasteiger partial charge in [-0.1, -0.05) is 6.07 Å². The van der Waals surface area contributed by atoms with Crippen LogP contribution < -0.4 is 10.5 Å². The average Bonchev–Trinajstić information content (AvgIpc) is 3.07. The number of aromatic nitrogens is 3. The Hall–Kier alpha value is -2.49. The zero-order valence-electron chi connectivity index (χ0n) is 17.4. The lowest BCUT2D eigenvalue weighted by atomic mass is 9.84. The lowest BCUT2D eigenvalue weighted by molar-refractivity contribution is 0.0163. The Morgan fingerprint density at radius 3 is 2.67 bits per heavy atom. The molecule has 2 aromatic heterocycles. The van der Waals surface area contributed by atoms with Gasteiger partial charge in [-0.25, -0.2) is 23.1 Å². The van der Waals surface area contributed by atoms with Crippen LogP contribution in [0.2, 0.25) is 0 Å². The van der Waals surface area contributed by atoms with E-state index in [1.54, 1.807) is 31.3 Å². The number of nitrogens with zero attached hydrogens (tertiary/aromatic N) is 3. The smallest absolute Gasteiger partial charge is 0.240 e. The molecule has 1 aromatic carbocycles. The number of hydrogen-bond acceptors (Lipinski definition) is 6. The van der Waals surface area contributed by atoms with Crippen LogP contribution in [0.4, 0.5) is 5.82 Å². The molecule has 8 nitrogen and oxygen atoms in total. The maximum absolute atomic E-state index is 13.0. The lowest BCUT2D eigenvalue weighted by Crippen LogP contribution is -2.42. The lowest BCUT2D eigenvalue weighted by Gasteiger charge is -2.33. The summed E-state index contributed by atoms with van der Waals surface area (Å²) in [7, 11) is -3.70. The van der Waals surface area contributed by atoms with Crippen LogP contribution in [-0.4, -0.2) is 39.5 Å². The first-order valence-electron chi connectivity index (χ1n) is 10.0. The molecule has 0 spiro atoms. The number of nitrogens with two attached hydrogens (primary N) is 1. The Labute approximate surface area is 176 Å². The number of aliphatic hydroxyl groups is 1. The topological polar surface area (TPSA) is 123 Å². The number of aryl methyl sites for hydroxylation is 2. The summed E-state index contributed by atoms with van der Waals surface area (Å²) in [6.07, 6.45) is 5.91. The molecule has 1 aliphatic carbocycles. The van der Waals surface area contributed by atoms with Crippen molar-refractivity contribution in [1.82, 2.24) is 19.1 Å². The van der Waals surface area contributed by atoms with Crippen molar-refractivity contribution in [3.63, 3.8) is 0 Å². The van der Waals surface area contributed by atoms with Gasteiger partial charge in [0.2, 0.25) is 10.0 Å². The summed E-state index contributed by atoms with van der Waals surface area (Å²) >= 11 is 0. The molecule has 30 heavy (non-hydrogen) atoms. The van der Waals surface area contributed by atoms with E-state index in [1.165, 1.54) is 0 Å². The second kappa shape index (κ2) is 7.33. The average molecular weight is 430 g/mol. The third kappa shape index (κ3) is 3.92. The monoisotopic (exact) mass is 429 g/mol. The van der Waals surface area contributed by atoms with Crippen molar-refractivity contribution in [2.45, 2.75) is 63.0 Å². The number of benzene rings is 1. The van der Waals surface area contributed by atoms with Crippen molar-refractivity contribution in [2.75, 3.05) is 5.73 Å². The van der Waals surface area contributed by atoms with Crippen molar-refractivity contribution in [3.05, 3.63) is 41.9 Å². The third-order valence-corrected chi connectivity index (χ3v) is 7.34. The van der Waals surface area contributed by atoms with E-state index < -0.39 is 15.6 Å². The summed E-state index contributed by atoms with van der Waals surface area (Å²) in [6.45, 7) is 5.57. The molecule has 0 atom stereocenters. The molecule has 1 fully saturated rings.